The lowest BCUT2D eigenvalue weighted by atomic mass is 9.98. The van der Waals surface area contributed by atoms with Crippen LogP contribution in [-0.2, 0) is 11.8 Å². The summed E-state index contributed by atoms with van der Waals surface area (Å²) < 4.78 is 13.6. The number of aryl methyl sites for hydroxylation is 2. The van der Waals surface area contributed by atoms with Crippen LogP contribution in [0.25, 0.3) is 33.4 Å². The van der Waals surface area contributed by atoms with Crippen LogP contribution in [-0.4, -0.2) is 32.5 Å². The number of rotatable bonds is 7. The summed E-state index contributed by atoms with van der Waals surface area (Å²) in [4.78, 5) is 25.4. The van der Waals surface area contributed by atoms with E-state index in [0.29, 0.717) is 40.1 Å². The molecule has 0 spiro atoms. The Morgan fingerprint density at radius 3 is 2.49 bits per heavy atom. The molecule has 0 aliphatic carbocycles. The molecule has 5 aromatic rings. The monoisotopic (exact) mass is 520 g/mol. The van der Waals surface area contributed by atoms with E-state index in [-0.39, 0.29) is 5.91 Å². The lowest BCUT2D eigenvalue weighted by Gasteiger charge is -2.14. The summed E-state index contributed by atoms with van der Waals surface area (Å²) >= 11 is 0. The van der Waals surface area contributed by atoms with Crippen LogP contribution in [0.3, 0.4) is 0 Å². The highest BCUT2D eigenvalue weighted by Gasteiger charge is 2.23. The first-order valence-corrected chi connectivity index (χ1v) is 12.2. The predicted octanol–water partition coefficient (Wildman–Crippen LogP) is 5.90. The van der Waals surface area contributed by atoms with E-state index in [1.165, 1.54) is 6.33 Å². The van der Waals surface area contributed by atoms with Crippen molar-refractivity contribution in [3.05, 3.63) is 84.8 Å². The van der Waals surface area contributed by atoms with Crippen LogP contribution >= 0.6 is 0 Å². The Hall–Kier alpha value is -5.18. The van der Waals surface area contributed by atoms with Crippen molar-refractivity contribution < 1.29 is 14.3 Å². The molecular weight excluding hydrogens is 492 g/mol. The van der Waals surface area contributed by atoms with Crippen molar-refractivity contribution in [2.75, 3.05) is 18.2 Å². The standard InChI is InChI=1S/C30H28N6O3/c1-17(2)30(37)35-22-14-11-20(15-23(22)38-5)27-25(26-28(31)32-16-33-29(26)36(27)4)19-9-12-21(13-10-19)39-24-8-6-7-18(3)34-24/h6-16H,1H2,2-5H3,(H,35,37)(H2,31,32,33). The molecule has 0 saturated heterocycles. The van der Waals surface area contributed by atoms with Gasteiger partial charge in [0.15, 0.2) is 0 Å². The fourth-order valence-electron chi connectivity index (χ4n) is 4.45. The number of nitrogens with two attached hydrogens (primary N) is 1. The summed E-state index contributed by atoms with van der Waals surface area (Å²) in [5, 5.41) is 3.57. The second-order valence-electron chi connectivity index (χ2n) is 9.13. The smallest absolute Gasteiger partial charge is 0.250 e. The van der Waals surface area contributed by atoms with Gasteiger partial charge in [0, 0.05) is 35.5 Å². The molecule has 0 unspecified atom stereocenters. The van der Waals surface area contributed by atoms with E-state index in [9.17, 15) is 4.79 Å². The van der Waals surface area contributed by atoms with Crippen molar-refractivity contribution in [1.29, 1.82) is 0 Å². The van der Waals surface area contributed by atoms with Gasteiger partial charge in [0.25, 0.3) is 5.91 Å². The molecule has 0 aliphatic rings. The number of hydrogen-bond acceptors (Lipinski definition) is 7. The minimum Gasteiger partial charge on any atom is -0.495 e. The fourth-order valence-corrected chi connectivity index (χ4v) is 4.45. The van der Waals surface area contributed by atoms with E-state index in [1.54, 1.807) is 20.1 Å². The van der Waals surface area contributed by atoms with Crippen molar-refractivity contribution in [2.24, 2.45) is 7.05 Å². The number of carbonyl (C=O) groups is 1. The third kappa shape index (κ3) is 4.89. The maximum absolute atomic E-state index is 12.2. The molecule has 3 N–H and O–H groups in total. The highest BCUT2D eigenvalue weighted by molar-refractivity contribution is 6.08. The zero-order valence-corrected chi connectivity index (χ0v) is 22.1. The third-order valence-electron chi connectivity index (χ3n) is 6.34. The third-order valence-corrected chi connectivity index (χ3v) is 6.34. The summed E-state index contributed by atoms with van der Waals surface area (Å²) in [6, 6.07) is 18.9. The van der Waals surface area contributed by atoms with Crippen molar-refractivity contribution >= 4 is 28.4 Å². The van der Waals surface area contributed by atoms with Crippen LogP contribution in [0.15, 0.2) is 79.1 Å². The lowest BCUT2D eigenvalue weighted by molar-refractivity contribution is -0.112. The zero-order chi connectivity index (χ0) is 27.7. The van der Waals surface area contributed by atoms with Gasteiger partial charge in [0.1, 0.15) is 29.3 Å². The number of anilines is 2. The average Bonchev–Trinajstić information content (AvgIpc) is 3.22. The fraction of sp³-hybridized carbons (Fsp3) is 0.133. The number of nitrogen functional groups attached to an aromatic ring is 1. The highest BCUT2D eigenvalue weighted by Crippen LogP contribution is 2.43. The van der Waals surface area contributed by atoms with E-state index in [1.807, 2.05) is 73.1 Å². The number of hydrogen-bond donors (Lipinski definition) is 2. The topological polar surface area (TPSA) is 117 Å². The number of aromatic nitrogens is 4. The Morgan fingerprint density at radius 1 is 1.05 bits per heavy atom. The van der Waals surface area contributed by atoms with Gasteiger partial charge in [-0.3, -0.25) is 4.79 Å². The Balaban J connectivity index is 1.62. The minimum atomic E-state index is -0.280. The van der Waals surface area contributed by atoms with Gasteiger partial charge in [0.2, 0.25) is 5.88 Å². The number of nitrogens with one attached hydrogen (secondary N) is 1. The molecule has 0 bridgehead atoms. The molecule has 0 atom stereocenters. The van der Waals surface area contributed by atoms with Gasteiger partial charge < -0.3 is 25.1 Å². The van der Waals surface area contributed by atoms with Crippen LogP contribution in [0.1, 0.15) is 12.6 Å². The molecule has 196 valence electrons. The number of nitrogens with zero attached hydrogens (tertiary/aromatic N) is 4. The minimum absolute atomic E-state index is 0.280. The first-order valence-electron chi connectivity index (χ1n) is 12.2. The van der Waals surface area contributed by atoms with Crippen LogP contribution in [0.5, 0.6) is 17.4 Å². The average molecular weight is 521 g/mol. The van der Waals surface area contributed by atoms with Crippen LogP contribution < -0.4 is 20.5 Å². The SMILES string of the molecule is C=C(C)C(=O)Nc1ccc(-c2c(-c3ccc(Oc4cccc(C)n4)cc3)c3c(N)ncnc3n2C)cc1OC. The second-order valence-corrected chi connectivity index (χ2v) is 9.13. The molecule has 5 rings (SSSR count). The van der Waals surface area contributed by atoms with Crippen molar-refractivity contribution in [3.63, 3.8) is 0 Å². The van der Waals surface area contributed by atoms with E-state index < -0.39 is 0 Å². The number of methoxy groups -OCH3 is 1. The van der Waals surface area contributed by atoms with Gasteiger partial charge in [-0.15, -0.1) is 0 Å². The molecule has 0 aliphatic heterocycles. The van der Waals surface area contributed by atoms with Crippen LogP contribution in [0.2, 0.25) is 0 Å². The number of carbonyl (C=O) groups excluding carboxylic acids is 1. The first-order chi connectivity index (χ1) is 18.8. The number of benzene rings is 2. The largest absolute Gasteiger partial charge is 0.495 e. The van der Waals surface area contributed by atoms with E-state index in [0.717, 1.165) is 33.5 Å². The Bertz CT molecular complexity index is 1720. The number of fused-ring (bicyclic) bond motifs is 1. The predicted molar refractivity (Wildman–Crippen MR) is 153 cm³/mol. The molecule has 0 radical (unpaired) electrons. The molecule has 3 heterocycles. The van der Waals surface area contributed by atoms with Gasteiger partial charge >= 0.3 is 0 Å². The molecule has 0 fully saturated rings. The summed E-state index contributed by atoms with van der Waals surface area (Å²) in [5.74, 6) is 1.78. The maximum atomic E-state index is 12.2. The molecule has 2 aromatic carbocycles. The van der Waals surface area contributed by atoms with Gasteiger partial charge in [-0.25, -0.2) is 15.0 Å². The van der Waals surface area contributed by atoms with E-state index in [2.05, 4.69) is 26.8 Å². The van der Waals surface area contributed by atoms with E-state index >= 15 is 0 Å². The summed E-state index contributed by atoms with van der Waals surface area (Å²) in [6.07, 6.45) is 1.45. The summed E-state index contributed by atoms with van der Waals surface area (Å²) in [7, 11) is 3.49. The van der Waals surface area contributed by atoms with Crippen molar-refractivity contribution in [2.45, 2.75) is 13.8 Å². The molecule has 9 nitrogen and oxygen atoms in total. The Morgan fingerprint density at radius 2 is 1.79 bits per heavy atom. The summed E-state index contributed by atoms with van der Waals surface area (Å²) in [6.45, 7) is 7.27. The van der Waals surface area contributed by atoms with Gasteiger partial charge in [-0.1, -0.05) is 30.8 Å². The van der Waals surface area contributed by atoms with Gasteiger partial charge in [-0.05, 0) is 49.7 Å². The second kappa shape index (κ2) is 10.3. The summed E-state index contributed by atoms with van der Waals surface area (Å²) in [5.41, 5.74) is 12.4. The molecule has 9 heteroatoms. The quantitative estimate of drug-likeness (QED) is 0.256. The highest BCUT2D eigenvalue weighted by atomic mass is 16.5. The molecule has 0 saturated carbocycles. The number of pyridine rings is 1. The van der Waals surface area contributed by atoms with Crippen molar-refractivity contribution in [1.82, 2.24) is 19.5 Å². The zero-order valence-electron chi connectivity index (χ0n) is 22.1. The van der Waals surface area contributed by atoms with Gasteiger partial charge in [0.05, 0.1) is 23.9 Å². The van der Waals surface area contributed by atoms with Crippen LogP contribution in [0, 0.1) is 6.92 Å². The number of ether oxygens (including phenoxy) is 2. The maximum Gasteiger partial charge on any atom is 0.250 e. The van der Waals surface area contributed by atoms with Crippen LogP contribution in [0.4, 0.5) is 11.5 Å². The van der Waals surface area contributed by atoms with Gasteiger partial charge in [-0.2, -0.15) is 0 Å². The molecule has 3 aromatic heterocycles. The van der Waals surface area contributed by atoms with E-state index in [4.69, 9.17) is 15.2 Å². The lowest BCUT2D eigenvalue weighted by Crippen LogP contribution is -2.12. The number of amides is 1. The molecular formula is C30H28N6O3. The Labute approximate surface area is 226 Å². The normalized spacial score (nSPS) is 10.9. The first kappa shape index (κ1) is 25.5. The molecule has 1 amide bonds. The Kier molecular flexibility index (Phi) is 6.72. The van der Waals surface area contributed by atoms with Crippen molar-refractivity contribution in [3.8, 4) is 39.8 Å². The molecule has 39 heavy (non-hydrogen) atoms.